The number of carbonyl (C=O) groups is 2. The maximum Gasteiger partial charge on any atom is 0.347 e. The van der Waals surface area contributed by atoms with Crippen molar-refractivity contribution in [3.63, 3.8) is 0 Å². The van der Waals surface area contributed by atoms with Gasteiger partial charge in [-0.05, 0) is 54.9 Å². The van der Waals surface area contributed by atoms with E-state index in [1.165, 1.54) is 0 Å². The normalized spacial score (nSPS) is 20.7. The van der Waals surface area contributed by atoms with E-state index >= 15 is 0 Å². The van der Waals surface area contributed by atoms with Gasteiger partial charge in [0.25, 0.3) is 5.91 Å². The molecule has 1 saturated heterocycles. The van der Waals surface area contributed by atoms with E-state index in [0.717, 1.165) is 27.0 Å². The fourth-order valence-electron chi connectivity index (χ4n) is 2.96. The average Bonchev–Trinajstić information content (AvgIpc) is 3.18. The summed E-state index contributed by atoms with van der Waals surface area (Å²) >= 11 is 3.17. The third-order valence-electron chi connectivity index (χ3n) is 4.96. The van der Waals surface area contributed by atoms with Gasteiger partial charge in [-0.2, -0.15) is 0 Å². The zero-order chi connectivity index (χ0) is 22.4. The number of anilines is 1. The van der Waals surface area contributed by atoms with Crippen LogP contribution in [0.4, 0.5) is 5.13 Å². The van der Waals surface area contributed by atoms with Gasteiger partial charge in [0.2, 0.25) is 0 Å². The Morgan fingerprint density at radius 1 is 1.43 bits per heavy atom. The smallest absolute Gasteiger partial charge is 0.347 e. The molecule has 1 aliphatic heterocycles. The molecule has 3 N–H and O–H groups in total. The molecule has 0 aromatic carbocycles. The summed E-state index contributed by atoms with van der Waals surface area (Å²) in [4.78, 5) is 34.5. The fourth-order valence-corrected chi connectivity index (χ4v) is 4.65. The van der Waals surface area contributed by atoms with E-state index in [1.807, 2.05) is 18.7 Å². The summed E-state index contributed by atoms with van der Waals surface area (Å²) in [5, 5.41) is 22.1. The molecule has 0 spiro atoms. The van der Waals surface area contributed by atoms with Crippen LogP contribution >= 0.6 is 33.9 Å². The predicted molar refractivity (Wildman–Crippen MR) is 125 cm³/mol. The topological polar surface area (TPSA) is 124 Å². The quantitative estimate of drug-likeness (QED) is 0.258. The van der Waals surface area contributed by atoms with Crippen LogP contribution < -0.4 is 10.2 Å². The fraction of sp³-hybridized carbons (Fsp3) is 0.579. The molecular formula is C19H27IN4O5S. The number of hydrogen-bond acceptors (Lipinski definition) is 8. The molecule has 0 bridgehead atoms. The highest BCUT2D eigenvalue weighted by Gasteiger charge is 2.33. The highest BCUT2D eigenvalue weighted by Crippen LogP contribution is 2.29. The van der Waals surface area contributed by atoms with Crippen LogP contribution in [0.3, 0.4) is 0 Å². The molecule has 2 atom stereocenters. The molecule has 0 saturated carbocycles. The van der Waals surface area contributed by atoms with Crippen molar-refractivity contribution in [2.45, 2.75) is 52.4 Å². The summed E-state index contributed by atoms with van der Waals surface area (Å²) in [5.41, 5.74) is 1.67. The van der Waals surface area contributed by atoms with Crippen molar-refractivity contribution < 1.29 is 24.5 Å². The van der Waals surface area contributed by atoms with Crippen LogP contribution in [0.15, 0.2) is 14.3 Å². The number of aliphatic hydroxyl groups excluding tert-OH is 1. The first-order chi connectivity index (χ1) is 14.2. The second-order valence-corrected chi connectivity index (χ2v) is 8.95. The minimum Gasteiger partial charge on any atom is -0.477 e. The monoisotopic (exact) mass is 550 g/mol. The number of aliphatic hydroxyl groups is 1. The molecule has 1 unspecified atom stereocenters. The predicted octanol–water partition coefficient (Wildman–Crippen LogP) is 2.58. The molecular weight excluding hydrogens is 523 g/mol. The number of hydrogen-bond donors (Lipinski definition) is 3. The Morgan fingerprint density at radius 2 is 2.13 bits per heavy atom. The highest BCUT2D eigenvalue weighted by atomic mass is 127. The minimum absolute atomic E-state index is 0.0359. The number of nitrogens with zero attached hydrogens (tertiary/aromatic N) is 3. The number of piperidine rings is 1. The van der Waals surface area contributed by atoms with Gasteiger partial charge in [0.15, 0.2) is 5.13 Å². The molecule has 2 rings (SSSR count). The molecule has 1 fully saturated rings. The lowest BCUT2D eigenvalue weighted by Crippen LogP contribution is -2.55. The number of carbonyl (C=O) groups excluding carboxylic acids is 1. The van der Waals surface area contributed by atoms with Crippen LogP contribution in [0.2, 0.25) is 0 Å². The summed E-state index contributed by atoms with van der Waals surface area (Å²) in [6.07, 6.45) is 1.19. The Morgan fingerprint density at radius 3 is 2.67 bits per heavy atom. The Kier molecular flexibility index (Phi) is 9.19. The summed E-state index contributed by atoms with van der Waals surface area (Å²) in [6, 6.07) is -0.200. The Balaban J connectivity index is 2.09. The van der Waals surface area contributed by atoms with Crippen molar-refractivity contribution in [1.29, 1.82) is 0 Å². The lowest BCUT2D eigenvalue weighted by Gasteiger charge is -2.37. The molecule has 2 heterocycles. The molecule has 1 aromatic rings. The number of amides is 1. The molecule has 9 nitrogen and oxygen atoms in total. The van der Waals surface area contributed by atoms with E-state index in [9.17, 15) is 19.8 Å². The van der Waals surface area contributed by atoms with E-state index in [0.29, 0.717) is 30.4 Å². The number of aromatic carboxylic acids is 1. The van der Waals surface area contributed by atoms with Gasteiger partial charge in [-0.15, -0.1) is 0 Å². The second kappa shape index (κ2) is 11.2. The Hall–Kier alpha value is -1.57. The molecule has 0 aliphatic carbocycles. The van der Waals surface area contributed by atoms with Gasteiger partial charge in [-0.1, -0.05) is 18.3 Å². The number of aromatic nitrogens is 1. The summed E-state index contributed by atoms with van der Waals surface area (Å²) in [5.74, 6) is -1.34. The van der Waals surface area contributed by atoms with Gasteiger partial charge < -0.3 is 25.2 Å². The van der Waals surface area contributed by atoms with Crippen molar-refractivity contribution in [2.24, 2.45) is 4.99 Å². The molecule has 1 amide bonds. The number of methoxy groups -OCH3 is 1. The number of aliphatic imine (C=N–C) groups is 1. The van der Waals surface area contributed by atoms with Crippen LogP contribution in [0.25, 0.3) is 0 Å². The lowest BCUT2D eigenvalue weighted by atomic mass is 10.0. The maximum atomic E-state index is 12.6. The van der Waals surface area contributed by atoms with Gasteiger partial charge in [0.05, 0.1) is 24.4 Å². The molecule has 1 aliphatic rings. The van der Waals surface area contributed by atoms with Crippen LogP contribution in [0, 0.1) is 0 Å². The van der Waals surface area contributed by atoms with E-state index in [-0.39, 0.29) is 28.6 Å². The minimum atomic E-state index is -1.11. The first-order valence-corrected chi connectivity index (χ1v) is 11.4. The molecule has 166 valence electrons. The van der Waals surface area contributed by atoms with Crippen molar-refractivity contribution >= 4 is 56.6 Å². The van der Waals surface area contributed by atoms with Gasteiger partial charge in [0.1, 0.15) is 14.3 Å². The van der Waals surface area contributed by atoms with Crippen molar-refractivity contribution in [1.82, 2.24) is 10.3 Å². The van der Waals surface area contributed by atoms with Crippen LogP contribution in [-0.2, 0) is 16.1 Å². The number of thiazole rings is 1. The molecule has 1 aromatic heterocycles. The zero-order valence-electron chi connectivity index (χ0n) is 17.4. The third-order valence-corrected chi connectivity index (χ3v) is 7.26. The Labute approximate surface area is 193 Å². The maximum absolute atomic E-state index is 12.6. The van der Waals surface area contributed by atoms with E-state index in [4.69, 9.17) is 4.74 Å². The Bertz CT molecular complexity index is 854. The lowest BCUT2D eigenvalue weighted by molar-refractivity contribution is -0.116. The van der Waals surface area contributed by atoms with Gasteiger partial charge >= 0.3 is 5.97 Å². The first kappa shape index (κ1) is 24.7. The summed E-state index contributed by atoms with van der Waals surface area (Å²) < 4.78 is 6.41. The number of carboxylic acids is 1. The summed E-state index contributed by atoms with van der Waals surface area (Å²) in [6.45, 7) is 6.31. The van der Waals surface area contributed by atoms with E-state index in [2.05, 4.69) is 37.9 Å². The number of carboxylic acid groups (broad SMARTS) is 1. The van der Waals surface area contributed by atoms with Gasteiger partial charge in [0, 0.05) is 20.2 Å². The first-order valence-electron chi connectivity index (χ1n) is 9.54. The second-order valence-electron chi connectivity index (χ2n) is 6.95. The standard InChI is InChI=1S/C19H27IN4O5S/c1-5-10(2)16(20)21-11(3)17(26)22-12-6-7-24(8-14(12)29-4)19-23-13(9-25)15(30-19)18(27)28/h12,14,25H,5-9H2,1-4H3,(H,22,26)(H,27,28)/b16-10+,21-11+/t12?,14-/m0/s1. The molecule has 0 radical (unpaired) electrons. The average molecular weight is 550 g/mol. The SMILES string of the molecule is CC/C(C)=C(I)/N=C(\C)C(=O)NC1CCN(c2nc(CO)c(C(=O)O)s2)C[C@@H]1OC. The molecule has 11 heteroatoms. The van der Waals surface area contributed by atoms with Crippen LogP contribution in [0.5, 0.6) is 0 Å². The number of nitrogens with one attached hydrogen (secondary N) is 1. The highest BCUT2D eigenvalue weighted by molar-refractivity contribution is 14.1. The number of halogens is 1. The largest absolute Gasteiger partial charge is 0.477 e. The van der Waals surface area contributed by atoms with E-state index in [1.54, 1.807) is 14.0 Å². The van der Waals surface area contributed by atoms with Crippen LogP contribution in [-0.4, -0.2) is 65.1 Å². The van der Waals surface area contributed by atoms with Crippen molar-refractivity contribution in [2.75, 3.05) is 25.1 Å². The summed E-state index contributed by atoms with van der Waals surface area (Å²) in [7, 11) is 1.58. The van der Waals surface area contributed by atoms with Crippen molar-refractivity contribution in [3.05, 3.63) is 19.8 Å². The number of rotatable bonds is 8. The zero-order valence-corrected chi connectivity index (χ0v) is 20.4. The molecule has 30 heavy (non-hydrogen) atoms. The van der Waals surface area contributed by atoms with Crippen molar-refractivity contribution in [3.8, 4) is 0 Å². The van der Waals surface area contributed by atoms with Gasteiger partial charge in [-0.3, -0.25) is 4.79 Å². The third kappa shape index (κ3) is 5.99. The van der Waals surface area contributed by atoms with E-state index < -0.39 is 12.6 Å². The van der Waals surface area contributed by atoms with Gasteiger partial charge in [-0.25, -0.2) is 14.8 Å². The van der Waals surface area contributed by atoms with Crippen LogP contribution in [0.1, 0.15) is 49.0 Å². The number of ether oxygens (including phenoxy) is 1. The number of allylic oxidation sites excluding steroid dienone is 1.